The zero-order valence-electron chi connectivity index (χ0n) is 23.4. The first-order valence-electron chi connectivity index (χ1n) is 13.1. The predicted octanol–water partition coefficient (Wildman–Crippen LogP) is 2.61. The number of nitrogens with two attached hydrogens (primary N) is 1. The molecule has 0 spiro atoms. The second kappa shape index (κ2) is 8.86. The smallest absolute Gasteiger partial charge is 0.255 e. The summed E-state index contributed by atoms with van der Waals surface area (Å²) in [7, 11) is 3.11. The maximum absolute atomic E-state index is 14.3. The van der Waals surface area contributed by atoms with Crippen LogP contribution in [0, 0.1) is 10.8 Å². The molecule has 0 aliphatic heterocycles. The van der Waals surface area contributed by atoms with Crippen LogP contribution in [0.3, 0.4) is 0 Å². The van der Waals surface area contributed by atoms with Gasteiger partial charge < -0.3 is 26.2 Å². The Balaban J connectivity index is 1.82. The summed E-state index contributed by atoms with van der Waals surface area (Å²) in [4.78, 5) is 53.6. The van der Waals surface area contributed by atoms with E-state index in [1.165, 1.54) is 24.8 Å². The van der Waals surface area contributed by atoms with Crippen LogP contribution in [0.25, 0.3) is 16.9 Å². The highest BCUT2D eigenvalue weighted by Crippen LogP contribution is 2.63. The fourth-order valence-corrected chi connectivity index (χ4v) is 7.50. The molecule has 41 heavy (non-hydrogen) atoms. The number of aromatic hydroxyl groups is 1. The molecule has 1 saturated carbocycles. The van der Waals surface area contributed by atoms with Crippen LogP contribution >= 0.6 is 0 Å². The van der Waals surface area contributed by atoms with E-state index >= 15 is 0 Å². The van der Waals surface area contributed by atoms with Crippen LogP contribution in [0.2, 0.25) is 0 Å². The van der Waals surface area contributed by atoms with Crippen molar-refractivity contribution in [3.05, 3.63) is 70.0 Å². The van der Waals surface area contributed by atoms with E-state index in [-0.39, 0.29) is 35.5 Å². The summed E-state index contributed by atoms with van der Waals surface area (Å²) in [6.07, 6.45) is 0.0308. The van der Waals surface area contributed by atoms with E-state index in [4.69, 9.17) is 5.73 Å². The number of aliphatic hydroxyl groups excluding tert-OH is 2. The number of nitrogens with zero attached hydrogens (tertiary/aromatic N) is 1. The third-order valence-corrected chi connectivity index (χ3v) is 9.10. The van der Waals surface area contributed by atoms with Crippen LogP contribution in [0.1, 0.15) is 48.7 Å². The van der Waals surface area contributed by atoms with Crippen LogP contribution in [-0.4, -0.2) is 74.3 Å². The Morgan fingerprint density at radius 1 is 1.05 bits per heavy atom. The molecule has 2 aromatic rings. The third kappa shape index (κ3) is 3.57. The van der Waals surface area contributed by atoms with Crippen molar-refractivity contribution >= 4 is 29.0 Å². The molecule has 1 fully saturated rings. The van der Waals surface area contributed by atoms with E-state index in [0.29, 0.717) is 22.3 Å². The second-order valence-electron chi connectivity index (χ2n) is 12.0. The normalized spacial score (nSPS) is 29.3. The van der Waals surface area contributed by atoms with Gasteiger partial charge in [-0.05, 0) is 62.7 Å². The van der Waals surface area contributed by atoms with Crippen molar-refractivity contribution in [1.82, 2.24) is 4.90 Å². The molecule has 0 unspecified atom stereocenters. The first-order valence-corrected chi connectivity index (χ1v) is 13.1. The molecule has 2 aromatic carbocycles. The van der Waals surface area contributed by atoms with Gasteiger partial charge in [0.05, 0.1) is 11.6 Å². The number of Topliss-reactive ketones (excluding diaryl/α,β-unsaturated/α-hetero) is 3. The Kier molecular flexibility index (Phi) is 6.10. The standard InChI is InChI=1S/C31H32N2O8/c1-14(34)15-7-6-8-16(11-15)17-9-10-19(35)20-18(17)12-29(2)13-30(3)25(33(4)5)24(37)21(28(32)40)26(38)31(30,41)27(39)22(29)23(20)36/h6-11,25,35-36,38,41H,12-13H2,1-5H3,(H2,32,40)/t25-,29+,30+,31-/m1/s1. The molecule has 0 saturated heterocycles. The van der Waals surface area contributed by atoms with E-state index in [2.05, 4.69) is 0 Å². The van der Waals surface area contributed by atoms with Gasteiger partial charge in [0, 0.05) is 22.0 Å². The van der Waals surface area contributed by atoms with Crippen molar-refractivity contribution in [2.24, 2.45) is 16.6 Å². The van der Waals surface area contributed by atoms with E-state index in [1.54, 1.807) is 51.4 Å². The first kappa shape index (κ1) is 28.3. The van der Waals surface area contributed by atoms with Crippen LogP contribution in [0.15, 0.2) is 53.3 Å². The summed E-state index contributed by atoms with van der Waals surface area (Å²) in [5, 5.41) is 45.7. The van der Waals surface area contributed by atoms with Crippen molar-refractivity contribution in [2.75, 3.05) is 14.1 Å². The number of likely N-dealkylation sites (N-methyl/N-ethyl adjacent to an activating group) is 1. The van der Waals surface area contributed by atoms with Crippen molar-refractivity contribution in [3.63, 3.8) is 0 Å². The molecule has 0 heterocycles. The van der Waals surface area contributed by atoms with E-state index in [1.807, 2.05) is 0 Å². The molecule has 214 valence electrons. The number of amides is 1. The van der Waals surface area contributed by atoms with Gasteiger partial charge in [-0.25, -0.2) is 0 Å². The lowest BCUT2D eigenvalue weighted by atomic mass is 9.46. The zero-order valence-corrected chi connectivity index (χ0v) is 23.4. The summed E-state index contributed by atoms with van der Waals surface area (Å²) < 4.78 is 0. The molecular weight excluding hydrogens is 528 g/mol. The van der Waals surface area contributed by atoms with Gasteiger partial charge >= 0.3 is 0 Å². The minimum Gasteiger partial charge on any atom is -0.508 e. The molecule has 0 radical (unpaired) electrons. The number of benzene rings is 2. The Bertz CT molecular complexity index is 1650. The number of hydrogen-bond acceptors (Lipinski definition) is 9. The quantitative estimate of drug-likeness (QED) is 0.278. The molecule has 3 aliphatic carbocycles. The Labute approximate surface area is 236 Å². The highest BCUT2D eigenvalue weighted by molar-refractivity contribution is 6.25. The van der Waals surface area contributed by atoms with Crippen LogP contribution in [0.4, 0.5) is 0 Å². The highest BCUT2D eigenvalue weighted by atomic mass is 16.3. The summed E-state index contributed by atoms with van der Waals surface area (Å²) >= 11 is 0. The Hall–Kier alpha value is -4.28. The first-order chi connectivity index (χ1) is 19.0. The number of phenolic OH excluding ortho intramolecular Hbond substituents is 1. The average Bonchev–Trinajstić information content (AvgIpc) is 2.86. The number of phenols is 1. The lowest BCUT2D eigenvalue weighted by Crippen LogP contribution is -2.72. The van der Waals surface area contributed by atoms with Gasteiger partial charge in [-0.1, -0.05) is 38.1 Å². The zero-order chi connectivity index (χ0) is 30.4. The fourth-order valence-electron chi connectivity index (χ4n) is 7.50. The SMILES string of the molecule is CC(=O)c1cccc(-c2ccc(O)c3c2C[C@@]2(C)C[C@@]4(C)[C@H](N(C)C)C(=O)C(C(N)=O)=C(O)[C@@]4(O)C(=O)C2=C3O)c1. The van der Waals surface area contributed by atoms with Gasteiger partial charge in [-0.15, -0.1) is 0 Å². The van der Waals surface area contributed by atoms with Crippen LogP contribution in [0.5, 0.6) is 5.75 Å². The number of hydrogen-bond donors (Lipinski definition) is 5. The molecule has 0 bridgehead atoms. The molecule has 6 N–H and O–H groups in total. The molecule has 3 aliphatic rings. The molecular formula is C31H32N2O8. The van der Waals surface area contributed by atoms with Gasteiger partial charge in [-0.3, -0.25) is 24.1 Å². The number of rotatable bonds is 4. The average molecular weight is 561 g/mol. The monoisotopic (exact) mass is 560 g/mol. The maximum atomic E-state index is 14.3. The molecule has 10 nitrogen and oxygen atoms in total. The lowest BCUT2D eigenvalue weighted by molar-refractivity contribution is -0.175. The summed E-state index contributed by atoms with van der Waals surface area (Å²) in [6, 6.07) is 8.70. The number of primary amides is 1. The number of fused-ring (bicyclic) bond motifs is 3. The van der Waals surface area contributed by atoms with Gasteiger partial charge in [-0.2, -0.15) is 0 Å². The minimum absolute atomic E-state index is 0.0154. The van der Waals surface area contributed by atoms with E-state index in [0.717, 1.165) is 0 Å². The van der Waals surface area contributed by atoms with Gasteiger partial charge in [0.2, 0.25) is 5.78 Å². The third-order valence-electron chi connectivity index (χ3n) is 9.10. The second-order valence-corrected chi connectivity index (χ2v) is 12.0. The molecule has 0 aromatic heterocycles. The summed E-state index contributed by atoms with van der Waals surface area (Å²) in [5.74, 6) is -5.38. The van der Waals surface area contributed by atoms with Crippen molar-refractivity contribution < 1.29 is 39.6 Å². The lowest BCUT2D eigenvalue weighted by Gasteiger charge is -2.59. The van der Waals surface area contributed by atoms with E-state index < -0.39 is 57.0 Å². The van der Waals surface area contributed by atoms with E-state index in [9.17, 15) is 39.6 Å². The van der Waals surface area contributed by atoms with Crippen LogP contribution in [-0.2, 0) is 20.8 Å². The molecule has 4 atom stereocenters. The highest BCUT2D eigenvalue weighted by Gasteiger charge is 2.72. The van der Waals surface area contributed by atoms with Crippen molar-refractivity contribution in [3.8, 4) is 16.9 Å². The minimum atomic E-state index is -2.77. The topological polar surface area (TPSA) is 178 Å². The maximum Gasteiger partial charge on any atom is 0.255 e. The Morgan fingerprint density at radius 2 is 1.71 bits per heavy atom. The number of ketones is 3. The molecule has 10 heteroatoms. The fraction of sp³-hybridized carbons (Fsp3) is 0.355. The van der Waals surface area contributed by atoms with Crippen LogP contribution < -0.4 is 5.73 Å². The molecule has 5 rings (SSSR count). The van der Waals surface area contributed by atoms with Gasteiger partial charge in [0.15, 0.2) is 17.2 Å². The number of carbonyl (C=O) groups excluding carboxylic acids is 4. The predicted molar refractivity (Wildman–Crippen MR) is 149 cm³/mol. The molecule has 1 amide bonds. The van der Waals surface area contributed by atoms with Crippen molar-refractivity contribution in [1.29, 1.82) is 0 Å². The Morgan fingerprint density at radius 3 is 2.29 bits per heavy atom. The number of aliphatic hydroxyl groups is 3. The summed E-state index contributed by atoms with van der Waals surface area (Å²) in [6.45, 7) is 4.66. The van der Waals surface area contributed by atoms with Gasteiger partial charge in [0.1, 0.15) is 22.8 Å². The largest absolute Gasteiger partial charge is 0.508 e. The number of carbonyl (C=O) groups is 4. The summed E-state index contributed by atoms with van der Waals surface area (Å²) in [5.41, 5.74) is 0.934. The van der Waals surface area contributed by atoms with Crippen molar-refractivity contribution in [2.45, 2.75) is 45.3 Å². The van der Waals surface area contributed by atoms with Gasteiger partial charge in [0.25, 0.3) is 5.91 Å².